The minimum absolute atomic E-state index is 0.0542. The number of benzene rings is 1. The van der Waals surface area contributed by atoms with Crippen molar-refractivity contribution in [1.82, 2.24) is 4.90 Å². The number of nitrogens with two attached hydrogens (primary N) is 1. The summed E-state index contributed by atoms with van der Waals surface area (Å²) in [5.41, 5.74) is 6.92. The summed E-state index contributed by atoms with van der Waals surface area (Å²) in [6.45, 7) is 0.534. The predicted octanol–water partition coefficient (Wildman–Crippen LogP) is 1.19. The molecular formula is C15H20N2O2. The first-order chi connectivity index (χ1) is 9.20. The second-order valence-electron chi connectivity index (χ2n) is 5.51. The van der Waals surface area contributed by atoms with Crippen LogP contribution in [0.25, 0.3) is 0 Å². The number of nitrogens with zero attached hydrogens (tertiary/aromatic N) is 1. The van der Waals surface area contributed by atoms with Gasteiger partial charge in [-0.3, -0.25) is 4.79 Å². The Bertz CT molecular complexity index is 460. The average Bonchev–Trinajstić information content (AvgIpc) is 3.16. The van der Waals surface area contributed by atoms with E-state index in [1.165, 1.54) is 12.8 Å². The normalized spacial score (nSPS) is 22.5. The standard InChI is InChI=1S/C15H20N2O2/c1-17(12(9-16)10-6-7-10)15(18)14-8-11-4-2-3-5-13(11)19-14/h2-5,10,12,14H,6-9,16H2,1H3. The van der Waals surface area contributed by atoms with Crippen LogP contribution in [0.2, 0.25) is 0 Å². The van der Waals surface area contributed by atoms with Crippen molar-refractivity contribution in [2.75, 3.05) is 13.6 Å². The van der Waals surface area contributed by atoms with E-state index in [-0.39, 0.29) is 18.1 Å². The molecule has 1 fully saturated rings. The molecule has 2 aliphatic rings. The van der Waals surface area contributed by atoms with Crippen molar-refractivity contribution >= 4 is 5.91 Å². The second-order valence-corrected chi connectivity index (χ2v) is 5.51. The smallest absolute Gasteiger partial charge is 0.264 e. The molecule has 2 unspecified atom stereocenters. The molecule has 4 heteroatoms. The summed E-state index contributed by atoms with van der Waals surface area (Å²) in [7, 11) is 1.85. The maximum absolute atomic E-state index is 12.5. The van der Waals surface area contributed by atoms with Gasteiger partial charge in [0.2, 0.25) is 0 Å². The van der Waals surface area contributed by atoms with Crippen LogP contribution < -0.4 is 10.5 Å². The van der Waals surface area contributed by atoms with Crippen LogP contribution in [0.4, 0.5) is 0 Å². The molecule has 1 aromatic rings. The Kier molecular flexibility index (Phi) is 3.19. The van der Waals surface area contributed by atoms with Crippen molar-refractivity contribution in [2.45, 2.75) is 31.4 Å². The van der Waals surface area contributed by atoms with E-state index in [4.69, 9.17) is 10.5 Å². The molecular weight excluding hydrogens is 240 g/mol. The summed E-state index contributed by atoms with van der Waals surface area (Å²) in [4.78, 5) is 14.3. The van der Waals surface area contributed by atoms with E-state index < -0.39 is 0 Å². The van der Waals surface area contributed by atoms with Crippen LogP contribution in [0.3, 0.4) is 0 Å². The average molecular weight is 260 g/mol. The number of amides is 1. The van der Waals surface area contributed by atoms with Gasteiger partial charge in [-0.05, 0) is 30.4 Å². The Hall–Kier alpha value is -1.55. The quantitative estimate of drug-likeness (QED) is 0.884. The van der Waals surface area contributed by atoms with Crippen molar-refractivity contribution in [3.05, 3.63) is 29.8 Å². The third-order valence-corrected chi connectivity index (χ3v) is 4.18. The molecule has 3 rings (SSSR count). The topological polar surface area (TPSA) is 55.6 Å². The molecule has 0 aromatic heterocycles. The number of rotatable bonds is 4. The van der Waals surface area contributed by atoms with E-state index in [9.17, 15) is 4.79 Å². The lowest BCUT2D eigenvalue weighted by Crippen LogP contribution is -2.48. The van der Waals surface area contributed by atoms with Crippen molar-refractivity contribution in [2.24, 2.45) is 11.7 Å². The first-order valence-corrected chi connectivity index (χ1v) is 6.92. The summed E-state index contributed by atoms with van der Waals surface area (Å²) in [6, 6.07) is 8.02. The van der Waals surface area contributed by atoms with Crippen LogP contribution in [0.15, 0.2) is 24.3 Å². The van der Waals surface area contributed by atoms with Crippen LogP contribution >= 0.6 is 0 Å². The predicted molar refractivity (Wildman–Crippen MR) is 72.9 cm³/mol. The van der Waals surface area contributed by atoms with Crippen molar-refractivity contribution < 1.29 is 9.53 Å². The molecule has 1 amide bonds. The van der Waals surface area contributed by atoms with Gasteiger partial charge in [-0.2, -0.15) is 0 Å². The highest BCUT2D eigenvalue weighted by Crippen LogP contribution is 2.35. The zero-order chi connectivity index (χ0) is 13.4. The van der Waals surface area contributed by atoms with Gasteiger partial charge in [-0.15, -0.1) is 0 Å². The van der Waals surface area contributed by atoms with Gasteiger partial charge in [0.05, 0.1) is 0 Å². The number of hydrogen-bond acceptors (Lipinski definition) is 3. The maximum Gasteiger partial charge on any atom is 0.264 e. The van der Waals surface area contributed by atoms with Gasteiger partial charge < -0.3 is 15.4 Å². The molecule has 0 saturated heterocycles. The van der Waals surface area contributed by atoms with Crippen LogP contribution in [0.5, 0.6) is 5.75 Å². The van der Waals surface area contributed by atoms with Crippen LogP contribution in [-0.2, 0) is 11.2 Å². The van der Waals surface area contributed by atoms with Gasteiger partial charge in [-0.1, -0.05) is 18.2 Å². The summed E-state index contributed by atoms with van der Waals surface area (Å²) in [5.74, 6) is 1.48. The van der Waals surface area contributed by atoms with Crippen molar-refractivity contribution in [1.29, 1.82) is 0 Å². The van der Waals surface area contributed by atoms with Gasteiger partial charge in [-0.25, -0.2) is 0 Å². The lowest BCUT2D eigenvalue weighted by atomic mass is 10.1. The first kappa shape index (κ1) is 12.5. The van der Waals surface area contributed by atoms with Gasteiger partial charge in [0.15, 0.2) is 6.10 Å². The molecule has 19 heavy (non-hydrogen) atoms. The Morgan fingerprint density at radius 3 is 2.84 bits per heavy atom. The summed E-state index contributed by atoms with van der Waals surface area (Å²) < 4.78 is 5.75. The zero-order valence-corrected chi connectivity index (χ0v) is 11.2. The number of likely N-dealkylation sites (N-methyl/N-ethyl adjacent to an activating group) is 1. The van der Waals surface area contributed by atoms with Crippen molar-refractivity contribution in [3.8, 4) is 5.75 Å². The van der Waals surface area contributed by atoms with Crippen LogP contribution in [0, 0.1) is 5.92 Å². The maximum atomic E-state index is 12.5. The Balaban J connectivity index is 1.68. The number of ether oxygens (including phenoxy) is 1. The van der Waals surface area contributed by atoms with E-state index in [0.717, 1.165) is 11.3 Å². The molecule has 1 heterocycles. The largest absolute Gasteiger partial charge is 0.480 e. The zero-order valence-electron chi connectivity index (χ0n) is 11.2. The molecule has 1 saturated carbocycles. The van der Waals surface area contributed by atoms with E-state index in [1.54, 1.807) is 4.90 Å². The molecule has 1 aliphatic carbocycles. The Morgan fingerprint density at radius 2 is 2.21 bits per heavy atom. The van der Waals surface area contributed by atoms with Crippen LogP contribution in [0.1, 0.15) is 18.4 Å². The highest BCUT2D eigenvalue weighted by Gasteiger charge is 2.38. The lowest BCUT2D eigenvalue weighted by Gasteiger charge is -2.29. The first-order valence-electron chi connectivity index (χ1n) is 6.92. The highest BCUT2D eigenvalue weighted by atomic mass is 16.5. The summed E-state index contributed by atoms with van der Waals surface area (Å²) in [6.07, 6.45) is 2.66. The minimum atomic E-state index is -0.379. The molecule has 1 aliphatic heterocycles. The lowest BCUT2D eigenvalue weighted by molar-refractivity contribution is -0.139. The number of carbonyl (C=O) groups excluding carboxylic acids is 1. The molecule has 0 radical (unpaired) electrons. The molecule has 102 valence electrons. The van der Waals surface area contributed by atoms with Crippen molar-refractivity contribution in [3.63, 3.8) is 0 Å². The van der Waals surface area contributed by atoms with Crippen LogP contribution in [-0.4, -0.2) is 36.5 Å². The highest BCUT2D eigenvalue weighted by molar-refractivity contribution is 5.82. The number of hydrogen-bond donors (Lipinski definition) is 1. The van der Waals surface area contributed by atoms with E-state index in [0.29, 0.717) is 18.9 Å². The molecule has 0 bridgehead atoms. The fourth-order valence-corrected chi connectivity index (χ4v) is 2.86. The monoisotopic (exact) mass is 260 g/mol. The number of para-hydroxylation sites is 1. The number of carbonyl (C=O) groups is 1. The summed E-state index contributed by atoms with van der Waals surface area (Å²) in [5, 5.41) is 0. The number of fused-ring (bicyclic) bond motifs is 1. The van der Waals surface area contributed by atoms with E-state index in [2.05, 4.69) is 0 Å². The fraction of sp³-hybridized carbons (Fsp3) is 0.533. The minimum Gasteiger partial charge on any atom is -0.480 e. The van der Waals surface area contributed by atoms with Gasteiger partial charge in [0.25, 0.3) is 5.91 Å². The second kappa shape index (κ2) is 4.85. The third-order valence-electron chi connectivity index (χ3n) is 4.18. The Morgan fingerprint density at radius 1 is 1.47 bits per heavy atom. The van der Waals surface area contributed by atoms with E-state index >= 15 is 0 Å². The SMILES string of the molecule is CN(C(=O)C1Cc2ccccc2O1)C(CN)C1CC1. The molecule has 2 atom stereocenters. The Labute approximate surface area is 113 Å². The van der Waals surface area contributed by atoms with Gasteiger partial charge in [0, 0.05) is 26.1 Å². The fourth-order valence-electron chi connectivity index (χ4n) is 2.86. The molecule has 2 N–H and O–H groups in total. The molecule has 0 spiro atoms. The van der Waals surface area contributed by atoms with E-state index in [1.807, 2.05) is 31.3 Å². The molecule has 4 nitrogen and oxygen atoms in total. The summed E-state index contributed by atoms with van der Waals surface area (Å²) >= 11 is 0. The third kappa shape index (κ3) is 2.32. The van der Waals surface area contributed by atoms with Gasteiger partial charge >= 0.3 is 0 Å². The molecule has 1 aromatic carbocycles. The van der Waals surface area contributed by atoms with Gasteiger partial charge in [0.1, 0.15) is 5.75 Å².